The lowest BCUT2D eigenvalue weighted by atomic mass is 10.3. The van der Waals surface area contributed by atoms with Gasteiger partial charge in [-0.15, -0.1) is 11.8 Å². The van der Waals surface area contributed by atoms with E-state index in [9.17, 15) is 9.18 Å². The van der Waals surface area contributed by atoms with Crippen LogP contribution in [-0.2, 0) is 4.79 Å². The van der Waals surface area contributed by atoms with Crippen molar-refractivity contribution in [2.75, 3.05) is 5.32 Å². The molecule has 0 aromatic heterocycles. The van der Waals surface area contributed by atoms with E-state index in [-0.39, 0.29) is 17.0 Å². The van der Waals surface area contributed by atoms with E-state index in [1.807, 2.05) is 31.2 Å². The van der Waals surface area contributed by atoms with Gasteiger partial charge in [-0.2, -0.15) is 0 Å². The molecule has 0 fully saturated rings. The van der Waals surface area contributed by atoms with E-state index < -0.39 is 0 Å². The quantitative estimate of drug-likeness (QED) is 0.806. The minimum atomic E-state index is -0.277. The number of halogens is 2. The minimum Gasteiger partial charge on any atom is -0.325 e. The van der Waals surface area contributed by atoms with Crippen LogP contribution in [0.2, 0.25) is 0 Å². The van der Waals surface area contributed by atoms with Crippen molar-refractivity contribution in [3.63, 3.8) is 0 Å². The molecule has 1 amide bonds. The number of carbonyl (C=O) groups is 1. The van der Waals surface area contributed by atoms with E-state index in [0.717, 1.165) is 15.1 Å². The first kappa shape index (κ1) is 15.1. The van der Waals surface area contributed by atoms with E-state index in [2.05, 4.69) is 21.2 Å². The Labute approximate surface area is 129 Å². The molecule has 2 rings (SSSR count). The molecule has 0 aliphatic carbocycles. The third-order valence-electron chi connectivity index (χ3n) is 2.59. The van der Waals surface area contributed by atoms with Crippen LogP contribution in [0.5, 0.6) is 0 Å². The molecule has 0 radical (unpaired) electrons. The van der Waals surface area contributed by atoms with Gasteiger partial charge in [-0.05, 0) is 49.4 Å². The molecule has 1 atom stereocenters. The highest BCUT2D eigenvalue weighted by molar-refractivity contribution is 9.10. The zero-order chi connectivity index (χ0) is 14.5. The standard InChI is InChI=1S/C15H13BrFNOS/c1-10(20-14-7-5-12(17)6-8-14)15(19)18-13-4-2-3-11(16)9-13/h2-10H,1H3,(H,18,19). The van der Waals surface area contributed by atoms with E-state index in [1.165, 1.54) is 23.9 Å². The van der Waals surface area contributed by atoms with Crippen LogP contribution in [-0.4, -0.2) is 11.2 Å². The lowest BCUT2D eigenvalue weighted by Crippen LogP contribution is -2.22. The molecule has 2 aromatic carbocycles. The van der Waals surface area contributed by atoms with Crippen molar-refractivity contribution in [2.45, 2.75) is 17.1 Å². The Morgan fingerprint density at radius 3 is 2.60 bits per heavy atom. The molecular formula is C15H13BrFNOS. The highest BCUT2D eigenvalue weighted by Gasteiger charge is 2.14. The number of amides is 1. The van der Waals surface area contributed by atoms with Crippen molar-refractivity contribution in [3.05, 3.63) is 58.8 Å². The monoisotopic (exact) mass is 353 g/mol. The van der Waals surface area contributed by atoms with Crippen LogP contribution in [0.1, 0.15) is 6.92 Å². The smallest absolute Gasteiger partial charge is 0.237 e. The molecule has 1 N–H and O–H groups in total. The second-order valence-electron chi connectivity index (χ2n) is 4.21. The van der Waals surface area contributed by atoms with Gasteiger partial charge in [-0.1, -0.05) is 22.0 Å². The molecule has 0 spiro atoms. The molecule has 0 saturated carbocycles. The Kier molecular flexibility index (Phi) is 5.20. The van der Waals surface area contributed by atoms with Gasteiger partial charge in [-0.25, -0.2) is 4.39 Å². The minimum absolute atomic E-state index is 0.0857. The molecule has 104 valence electrons. The van der Waals surface area contributed by atoms with Gasteiger partial charge < -0.3 is 5.32 Å². The fourth-order valence-corrected chi connectivity index (χ4v) is 2.85. The second-order valence-corrected chi connectivity index (χ2v) is 6.54. The van der Waals surface area contributed by atoms with Crippen LogP contribution in [0.4, 0.5) is 10.1 Å². The van der Waals surface area contributed by atoms with Crippen molar-refractivity contribution in [1.82, 2.24) is 0 Å². The summed E-state index contributed by atoms with van der Waals surface area (Å²) in [5.41, 5.74) is 0.746. The molecule has 0 heterocycles. The van der Waals surface area contributed by atoms with Crippen LogP contribution in [0.15, 0.2) is 57.9 Å². The lowest BCUT2D eigenvalue weighted by Gasteiger charge is -2.12. The first-order chi connectivity index (χ1) is 9.54. The van der Waals surface area contributed by atoms with Crippen molar-refractivity contribution in [3.8, 4) is 0 Å². The summed E-state index contributed by atoms with van der Waals surface area (Å²) in [6.45, 7) is 1.82. The van der Waals surface area contributed by atoms with E-state index in [1.54, 1.807) is 12.1 Å². The van der Waals surface area contributed by atoms with Crippen molar-refractivity contribution < 1.29 is 9.18 Å². The van der Waals surface area contributed by atoms with Crippen LogP contribution >= 0.6 is 27.7 Å². The Morgan fingerprint density at radius 2 is 1.95 bits per heavy atom. The molecule has 5 heteroatoms. The predicted molar refractivity (Wildman–Crippen MR) is 84.5 cm³/mol. The summed E-state index contributed by atoms with van der Waals surface area (Å²) in [6.07, 6.45) is 0. The maximum absolute atomic E-state index is 12.8. The van der Waals surface area contributed by atoms with Gasteiger partial charge in [0.1, 0.15) is 5.82 Å². The molecule has 0 saturated heterocycles. The maximum atomic E-state index is 12.8. The molecule has 0 aliphatic heterocycles. The summed E-state index contributed by atoms with van der Waals surface area (Å²) in [7, 11) is 0. The van der Waals surface area contributed by atoms with Gasteiger partial charge in [-0.3, -0.25) is 4.79 Å². The van der Waals surface area contributed by atoms with E-state index >= 15 is 0 Å². The summed E-state index contributed by atoms with van der Waals surface area (Å²) in [6, 6.07) is 13.5. The first-order valence-corrected chi connectivity index (χ1v) is 7.70. The normalized spacial score (nSPS) is 11.9. The highest BCUT2D eigenvalue weighted by Crippen LogP contribution is 2.24. The number of thioether (sulfide) groups is 1. The molecule has 0 bridgehead atoms. The third-order valence-corrected chi connectivity index (χ3v) is 4.19. The SMILES string of the molecule is CC(Sc1ccc(F)cc1)C(=O)Nc1cccc(Br)c1. The Morgan fingerprint density at radius 1 is 1.25 bits per heavy atom. The molecule has 1 unspecified atom stereocenters. The summed E-state index contributed by atoms with van der Waals surface area (Å²) < 4.78 is 13.7. The second kappa shape index (κ2) is 6.90. The zero-order valence-corrected chi connectivity index (χ0v) is 13.2. The van der Waals surface area contributed by atoms with E-state index in [4.69, 9.17) is 0 Å². The number of hydrogen-bond donors (Lipinski definition) is 1. The number of anilines is 1. The summed E-state index contributed by atoms with van der Waals surface area (Å²) in [4.78, 5) is 12.9. The van der Waals surface area contributed by atoms with Gasteiger partial charge >= 0.3 is 0 Å². The summed E-state index contributed by atoms with van der Waals surface area (Å²) >= 11 is 4.75. The lowest BCUT2D eigenvalue weighted by molar-refractivity contribution is -0.115. The fraction of sp³-hybridized carbons (Fsp3) is 0.133. The average molecular weight is 354 g/mol. The van der Waals surface area contributed by atoms with Crippen molar-refractivity contribution >= 4 is 39.3 Å². The van der Waals surface area contributed by atoms with Gasteiger partial charge in [0.05, 0.1) is 5.25 Å². The van der Waals surface area contributed by atoms with Gasteiger partial charge in [0, 0.05) is 15.1 Å². The number of carbonyl (C=O) groups excluding carboxylic acids is 1. The number of hydrogen-bond acceptors (Lipinski definition) is 2. The Bertz CT molecular complexity index is 603. The van der Waals surface area contributed by atoms with Crippen LogP contribution in [0, 0.1) is 5.82 Å². The molecule has 20 heavy (non-hydrogen) atoms. The molecular weight excluding hydrogens is 341 g/mol. The summed E-state index contributed by atoms with van der Waals surface area (Å²) in [5.74, 6) is -0.363. The maximum Gasteiger partial charge on any atom is 0.237 e. The predicted octanol–water partition coefficient (Wildman–Crippen LogP) is 4.71. The Hall–Kier alpha value is -1.33. The number of nitrogens with one attached hydrogen (secondary N) is 1. The van der Waals surface area contributed by atoms with E-state index in [0.29, 0.717) is 0 Å². The molecule has 0 aliphatic rings. The number of benzene rings is 2. The topological polar surface area (TPSA) is 29.1 Å². The zero-order valence-electron chi connectivity index (χ0n) is 10.8. The third kappa shape index (κ3) is 4.35. The molecule has 2 nitrogen and oxygen atoms in total. The van der Waals surface area contributed by atoms with Gasteiger partial charge in [0.15, 0.2) is 0 Å². The first-order valence-electron chi connectivity index (χ1n) is 6.03. The summed E-state index contributed by atoms with van der Waals surface area (Å²) in [5, 5.41) is 2.59. The fourth-order valence-electron chi connectivity index (χ4n) is 1.58. The van der Waals surface area contributed by atoms with Gasteiger partial charge in [0.25, 0.3) is 0 Å². The average Bonchev–Trinajstić information content (AvgIpc) is 2.41. The Balaban J connectivity index is 1.96. The van der Waals surface area contributed by atoms with Crippen LogP contribution in [0.25, 0.3) is 0 Å². The van der Waals surface area contributed by atoms with Crippen LogP contribution in [0.3, 0.4) is 0 Å². The van der Waals surface area contributed by atoms with Crippen molar-refractivity contribution in [2.24, 2.45) is 0 Å². The largest absolute Gasteiger partial charge is 0.325 e. The molecule has 2 aromatic rings. The van der Waals surface area contributed by atoms with Crippen molar-refractivity contribution in [1.29, 1.82) is 0 Å². The van der Waals surface area contributed by atoms with Gasteiger partial charge in [0.2, 0.25) is 5.91 Å². The highest BCUT2D eigenvalue weighted by atomic mass is 79.9. The van der Waals surface area contributed by atoms with Crippen LogP contribution < -0.4 is 5.32 Å². The number of rotatable bonds is 4.